The lowest BCUT2D eigenvalue weighted by atomic mass is 9.93. The van der Waals surface area contributed by atoms with E-state index in [1.165, 1.54) is 0 Å². The van der Waals surface area contributed by atoms with Crippen molar-refractivity contribution in [1.29, 1.82) is 0 Å². The van der Waals surface area contributed by atoms with Gasteiger partial charge >= 0.3 is 0 Å². The molecule has 1 fully saturated rings. The van der Waals surface area contributed by atoms with Crippen LogP contribution in [-0.4, -0.2) is 34.3 Å². The molecule has 5 nitrogen and oxygen atoms in total. The summed E-state index contributed by atoms with van der Waals surface area (Å²) in [7, 11) is 1.65. The van der Waals surface area contributed by atoms with Crippen molar-refractivity contribution in [3.63, 3.8) is 0 Å². The summed E-state index contributed by atoms with van der Waals surface area (Å²) >= 11 is 0. The number of ether oxygens (including phenoxy) is 1. The first-order chi connectivity index (χ1) is 9.76. The van der Waals surface area contributed by atoms with Crippen LogP contribution in [0.3, 0.4) is 0 Å². The molecule has 0 saturated heterocycles. The fraction of sp³-hybridized carbons (Fsp3) is 0.467. The molecule has 1 aliphatic carbocycles. The molecule has 0 bridgehead atoms. The standard InChI is InChI=1S/C15H19N3O2/c1-20-12-6-7-13-14(8-12)16-9-17-15(13)18-10-2-4-11(19)5-3-10/h6-11,19H,2-5H2,1H3,(H,16,17,18). The van der Waals surface area contributed by atoms with Crippen LogP contribution in [0.2, 0.25) is 0 Å². The molecule has 0 radical (unpaired) electrons. The number of nitrogens with one attached hydrogen (secondary N) is 1. The monoisotopic (exact) mass is 273 g/mol. The van der Waals surface area contributed by atoms with Crippen molar-refractivity contribution in [3.05, 3.63) is 24.5 Å². The van der Waals surface area contributed by atoms with Crippen molar-refractivity contribution >= 4 is 16.7 Å². The van der Waals surface area contributed by atoms with Crippen LogP contribution >= 0.6 is 0 Å². The smallest absolute Gasteiger partial charge is 0.137 e. The van der Waals surface area contributed by atoms with Gasteiger partial charge in [0.2, 0.25) is 0 Å². The minimum Gasteiger partial charge on any atom is -0.497 e. The number of methoxy groups -OCH3 is 1. The van der Waals surface area contributed by atoms with Gasteiger partial charge in [0, 0.05) is 17.5 Å². The highest BCUT2D eigenvalue weighted by molar-refractivity contribution is 5.89. The van der Waals surface area contributed by atoms with E-state index in [0.717, 1.165) is 48.2 Å². The lowest BCUT2D eigenvalue weighted by Gasteiger charge is -2.26. The third-order valence-corrected chi connectivity index (χ3v) is 3.88. The van der Waals surface area contributed by atoms with Gasteiger partial charge in [-0.1, -0.05) is 0 Å². The van der Waals surface area contributed by atoms with E-state index >= 15 is 0 Å². The third-order valence-electron chi connectivity index (χ3n) is 3.88. The predicted octanol–water partition coefficient (Wildman–Crippen LogP) is 2.35. The van der Waals surface area contributed by atoms with E-state index in [2.05, 4.69) is 15.3 Å². The molecule has 0 amide bonds. The summed E-state index contributed by atoms with van der Waals surface area (Å²) in [6.45, 7) is 0. The molecule has 106 valence electrons. The molecule has 20 heavy (non-hydrogen) atoms. The molecular formula is C15H19N3O2. The molecule has 1 saturated carbocycles. The van der Waals surface area contributed by atoms with Gasteiger partial charge in [-0.15, -0.1) is 0 Å². The van der Waals surface area contributed by atoms with Gasteiger partial charge in [-0.25, -0.2) is 9.97 Å². The predicted molar refractivity (Wildman–Crippen MR) is 78.0 cm³/mol. The Morgan fingerprint density at radius 2 is 2.00 bits per heavy atom. The zero-order chi connectivity index (χ0) is 13.9. The summed E-state index contributed by atoms with van der Waals surface area (Å²) in [6, 6.07) is 6.18. The van der Waals surface area contributed by atoms with E-state index in [4.69, 9.17) is 4.74 Å². The molecule has 3 rings (SSSR count). The van der Waals surface area contributed by atoms with Crippen LogP contribution in [0, 0.1) is 0 Å². The summed E-state index contributed by atoms with van der Waals surface area (Å²) in [4.78, 5) is 8.63. The van der Waals surface area contributed by atoms with Crippen LogP contribution in [0.4, 0.5) is 5.82 Å². The van der Waals surface area contributed by atoms with Crippen molar-refractivity contribution in [2.24, 2.45) is 0 Å². The number of benzene rings is 1. The Hall–Kier alpha value is -1.88. The molecular weight excluding hydrogens is 254 g/mol. The van der Waals surface area contributed by atoms with Crippen molar-refractivity contribution in [2.45, 2.75) is 37.8 Å². The molecule has 1 aromatic carbocycles. The number of fused-ring (bicyclic) bond motifs is 1. The number of rotatable bonds is 3. The van der Waals surface area contributed by atoms with Crippen LogP contribution < -0.4 is 10.1 Å². The topological polar surface area (TPSA) is 67.3 Å². The highest BCUT2D eigenvalue weighted by atomic mass is 16.5. The van der Waals surface area contributed by atoms with Gasteiger partial charge < -0.3 is 15.2 Å². The number of hydrogen-bond acceptors (Lipinski definition) is 5. The summed E-state index contributed by atoms with van der Waals surface area (Å²) in [5, 5.41) is 14.0. The summed E-state index contributed by atoms with van der Waals surface area (Å²) in [5.41, 5.74) is 0.873. The molecule has 0 aliphatic heterocycles. The summed E-state index contributed by atoms with van der Waals surface area (Å²) in [5.74, 6) is 1.65. The Labute approximate surface area is 118 Å². The molecule has 0 atom stereocenters. The van der Waals surface area contributed by atoms with E-state index < -0.39 is 0 Å². The van der Waals surface area contributed by atoms with Gasteiger partial charge in [0.15, 0.2) is 0 Å². The average molecular weight is 273 g/mol. The Bertz CT molecular complexity index is 595. The zero-order valence-corrected chi connectivity index (χ0v) is 11.5. The van der Waals surface area contributed by atoms with Gasteiger partial charge in [0.25, 0.3) is 0 Å². The molecule has 0 spiro atoms. The number of nitrogens with zero attached hydrogens (tertiary/aromatic N) is 2. The van der Waals surface area contributed by atoms with Crippen LogP contribution in [0.5, 0.6) is 5.75 Å². The van der Waals surface area contributed by atoms with Gasteiger partial charge in [0.1, 0.15) is 17.9 Å². The normalized spacial score (nSPS) is 22.7. The maximum absolute atomic E-state index is 9.56. The molecule has 1 aliphatic rings. The summed E-state index contributed by atoms with van der Waals surface area (Å²) in [6.07, 6.45) is 5.09. The van der Waals surface area contributed by atoms with Gasteiger partial charge in [-0.2, -0.15) is 0 Å². The molecule has 0 unspecified atom stereocenters. The van der Waals surface area contributed by atoms with Crippen molar-refractivity contribution < 1.29 is 9.84 Å². The summed E-state index contributed by atoms with van der Waals surface area (Å²) < 4.78 is 5.22. The lowest BCUT2D eigenvalue weighted by molar-refractivity contribution is 0.126. The molecule has 1 aromatic heterocycles. The maximum atomic E-state index is 9.56. The quantitative estimate of drug-likeness (QED) is 0.898. The largest absolute Gasteiger partial charge is 0.497 e. The Morgan fingerprint density at radius 1 is 1.20 bits per heavy atom. The Kier molecular flexibility index (Phi) is 3.69. The number of aromatic nitrogens is 2. The van der Waals surface area contributed by atoms with E-state index in [0.29, 0.717) is 6.04 Å². The Morgan fingerprint density at radius 3 is 2.75 bits per heavy atom. The average Bonchev–Trinajstić information content (AvgIpc) is 2.49. The van der Waals surface area contributed by atoms with Crippen LogP contribution in [0.25, 0.3) is 10.9 Å². The molecule has 2 N–H and O–H groups in total. The Balaban J connectivity index is 1.84. The fourth-order valence-corrected chi connectivity index (χ4v) is 2.69. The first-order valence-electron chi connectivity index (χ1n) is 6.99. The van der Waals surface area contributed by atoms with Gasteiger partial charge in [-0.05, 0) is 37.8 Å². The minimum absolute atomic E-state index is 0.139. The SMILES string of the molecule is COc1ccc2c(NC3CCC(O)CC3)ncnc2c1. The highest BCUT2D eigenvalue weighted by Crippen LogP contribution is 2.27. The second-order valence-corrected chi connectivity index (χ2v) is 5.26. The van der Waals surface area contributed by atoms with Crippen molar-refractivity contribution in [3.8, 4) is 5.75 Å². The fourth-order valence-electron chi connectivity index (χ4n) is 2.69. The van der Waals surface area contributed by atoms with E-state index in [1.807, 2.05) is 18.2 Å². The lowest BCUT2D eigenvalue weighted by Crippen LogP contribution is -2.28. The second-order valence-electron chi connectivity index (χ2n) is 5.26. The van der Waals surface area contributed by atoms with Crippen LogP contribution in [-0.2, 0) is 0 Å². The number of hydrogen-bond donors (Lipinski definition) is 2. The van der Waals surface area contributed by atoms with E-state index in [1.54, 1.807) is 13.4 Å². The van der Waals surface area contributed by atoms with Crippen LogP contribution in [0.1, 0.15) is 25.7 Å². The number of aliphatic hydroxyl groups is 1. The maximum Gasteiger partial charge on any atom is 0.137 e. The minimum atomic E-state index is -0.139. The first kappa shape index (κ1) is 13.1. The van der Waals surface area contributed by atoms with E-state index in [-0.39, 0.29) is 6.10 Å². The second kappa shape index (κ2) is 5.63. The molecule has 2 aromatic rings. The van der Waals surface area contributed by atoms with Crippen molar-refractivity contribution in [2.75, 3.05) is 12.4 Å². The van der Waals surface area contributed by atoms with Crippen LogP contribution in [0.15, 0.2) is 24.5 Å². The zero-order valence-electron chi connectivity index (χ0n) is 11.5. The van der Waals surface area contributed by atoms with Crippen molar-refractivity contribution in [1.82, 2.24) is 9.97 Å². The number of anilines is 1. The highest BCUT2D eigenvalue weighted by Gasteiger charge is 2.20. The van der Waals surface area contributed by atoms with E-state index in [9.17, 15) is 5.11 Å². The van der Waals surface area contributed by atoms with Gasteiger partial charge in [-0.3, -0.25) is 0 Å². The first-order valence-corrected chi connectivity index (χ1v) is 6.99. The molecule has 5 heteroatoms. The molecule has 1 heterocycles. The number of aliphatic hydroxyl groups excluding tert-OH is 1. The van der Waals surface area contributed by atoms with Gasteiger partial charge in [0.05, 0.1) is 18.7 Å². The third kappa shape index (κ3) is 2.67.